The van der Waals surface area contributed by atoms with Gasteiger partial charge in [-0.1, -0.05) is 89.6 Å². The second-order valence-corrected chi connectivity index (χ2v) is 19.1. The predicted octanol–water partition coefficient (Wildman–Crippen LogP) is 4.17. The number of Topliss-reactive ketones (excluding diaryl/α,β-unsaturated/α-hetero) is 1. The summed E-state index contributed by atoms with van der Waals surface area (Å²) in [5.41, 5.74) is -1.21. The van der Waals surface area contributed by atoms with Crippen LogP contribution in [0.1, 0.15) is 124 Å². The predicted molar refractivity (Wildman–Crippen MR) is 213 cm³/mol. The highest BCUT2D eigenvalue weighted by atomic mass is 16.6. The minimum atomic E-state index is -1.18. The van der Waals surface area contributed by atoms with Crippen molar-refractivity contribution < 1.29 is 38.3 Å². The van der Waals surface area contributed by atoms with Crippen molar-refractivity contribution in [1.82, 2.24) is 31.1 Å². The number of alkyl carbamates (subject to hydrolysis) is 1. The molecule has 1 heterocycles. The number of nitrogens with zero attached hydrogens (tertiary/aromatic N) is 2. The van der Waals surface area contributed by atoms with E-state index in [1.807, 2.05) is 6.92 Å². The third-order valence-electron chi connectivity index (χ3n) is 12.9. The van der Waals surface area contributed by atoms with E-state index in [1.54, 1.807) is 70.1 Å². The fourth-order valence-electron chi connectivity index (χ4n) is 9.01. The highest BCUT2D eigenvalue weighted by Gasteiger charge is 2.67. The Kier molecular flexibility index (Phi) is 13.1. The minimum Gasteiger partial charge on any atom is -0.444 e. The molecule has 314 valence electrons. The summed E-state index contributed by atoms with van der Waals surface area (Å²) in [6, 6.07) is 4.67. The standard InChI is InChI=1S/C43H64N6O8/c1-40(2,3)57-39(56)47-34(42(6)20-13-10-14-21-42)38(55)49-26-43(25-41(43,4)5)23-30(49)35(52)45-29(22-27-16-15-17-27)33(51)36(53)44-24-31(50)46-32(37(54)48(7)8)28-18-11-9-12-19-28/h9,11-12,18-19,27,29-30,32,34H,10,13-17,20-26H2,1-8H3,(H,44,53)(H,45,52)(H,46,50)(H,47,56)/t29?,30-,32-,34+,43?/m0/s1. The Labute approximate surface area is 337 Å². The molecule has 4 fully saturated rings. The molecule has 0 bridgehead atoms. The summed E-state index contributed by atoms with van der Waals surface area (Å²) in [6.45, 7) is 11.3. The van der Waals surface area contributed by atoms with Crippen LogP contribution in [0.4, 0.5) is 4.79 Å². The van der Waals surface area contributed by atoms with Crippen molar-refractivity contribution in [2.75, 3.05) is 27.2 Å². The Morgan fingerprint density at radius 2 is 1.53 bits per heavy atom. The molecule has 3 aliphatic carbocycles. The van der Waals surface area contributed by atoms with Crippen LogP contribution in [-0.2, 0) is 33.5 Å². The first-order chi connectivity index (χ1) is 26.6. The van der Waals surface area contributed by atoms with Gasteiger partial charge in [0.25, 0.3) is 5.91 Å². The van der Waals surface area contributed by atoms with Crippen LogP contribution in [0, 0.1) is 22.2 Å². The number of hydrogen-bond donors (Lipinski definition) is 4. The van der Waals surface area contributed by atoms with E-state index in [-0.39, 0.29) is 35.0 Å². The molecule has 4 aliphatic rings. The number of amides is 6. The third kappa shape index (κ3) is 10.3. The normalized spacial score (nSPS) is 23.9. The van der Waals surface area contributed by atoms with E-state index in [4.69, 9.17) is 4.74 Å². The number of benzene rings is 1. The van der Waals surface area contributed by atoms with Gasteiger partial charge in [0, 0.05) is 20.6 Å². The Hall–Kier alpha value is -4.49. The van der Waals surface area contributed by atoms with Gasteiger partial charge in [0.15, 0.2) is 0 Å². The maximum Gasteiger partial charge on any atom is 0.408 e. The number of likely N-dealkylation sites (tertiary alicyclic amines) is 1. The summed E-state index contributed by atoms with van der Waals surface area (Å²) in [5.74, 6) is -3.70. The molecule has 1 aliphatic heterocycles. The Bertz CT molecular complexity index is 1700. The summed E-state index contributed by atoms with van der Waals surface area (Å²) in [7, 11) is 3.15. The molecule has 14 nitrogen and oxygen atoms in total. The topological polar surface area (TPSA) is 183 Å². The van der Waals surface area contributed by atoms with E-state index >= 15 is 0 Å². The Morgan fingerprint density at radius 1 is 0.895 bits per heavy atom. The van der Waals surface area contributed by atoms with Gasteiger partial charge in [-0.2, -0.15) is 0 Å². The van der Waals surface area contributed by atoms with Crippen molar-refractivity contribution in [1.29, 1.82) is 0 Å². The van der Waals surface area contributed by atoms with Gasteiger partial charge in [-0.25, -0.2) is 4.79 Å². The minimum absolute atomic E-state index is 0.123. The summed E-state index contributed by atoms with van der Waals surface area (Å²) in [5, 5.41) is 10.8. The van der Waals surface area contributed by atoms with Crippen LogP contribution in [0.5, 0.6) is 0 Å². The van der Waals surface area contributed by atoms with E-state index in [9.17, 15) is 33.6 Å². The first-order valence-electron chi connectivity index (χ1n) is 20.6. The molecule has 5 rings (SSSR count). The summed E-state index contributed by atoms with van der Waals surface area (Å²) >= 11 is 0. The van der Waals surface area contributed by atoms with Gasteiger partial charge >= 0.3 is 6.09 Å². The van der Waals surface area contributed by atoms with Crippen LogP contribution in [0.15, 0.2) is 30.3 Å². The van der Waals surface area contributed by atoms with Gasteiger partial charge in [-0.05, 0) is 80.6 Å². The number of rotatable bonds is 14. The maximum atomic E-state index is 14.8. The number of hydrogen-bond acceptors (Lipinski definition) is 8. The number of carbonyl (C=O) groups excluding carboxylic acids is 7. The van der Waals surface area contributed by atoms with Crippen LogP contribution >= 0.6 is 0 Å². The molecular weight excluding hydrogens is 729 g/mol. The first-order valence-corrected chi connectivity index (χ1v) is 20.6. The van der Waals surface area contributed by atoms with Crippen molar-refractivity contribution >= 4 is 41.4 Å². The number of ketones is 1. The highest BCUT2D eigenvalue weighted by Crippen LogP contribution is 2.69. The zero-order valence-corrected chi connectivity index (χ0v) is 35.1. The van der Waals surface area contributed by atoms with Gasteiger partial charge in [0.2, 0.25) is 29.4 Å². The molecule has 14 heteroatoms. The molecule has 4 N–H and O–H groups in total. The third-order valence-corrected chi connectivity index (χ3v) is 12.9. The first kappa shape index (κ1) is 43.6. The van der Waals surface area contributed by atoms with Gasteiger partial charge in [-0.15, -0.1) is 0 Å². The number of carbonyl (C=O) groups is 7. The van der Waals surface area contributed by atoms with Crippen molar-refractivity contribution in [3.05, 3.63) is 35.9 Å². The smallest absolute Gasteiger partial charge is 0.408 e. The van der Waals surface area contributed by atoms with E-state index < -0.39 is 71.3 Å². The van der Waals surface area contributed by atoms with Crippen LogP contribution in [0.2, 0.25) is 0 Å². The van der Waals surface area contributed by atoms with E-state index in [0.29, 0.717) is 18.5 Å². The maximum absolute atomic E-state index is 14.8. The van der Waals surface area contributed by atoms with Gasteiger partial charge in [-0.3, -0.25) is 28.8 Å². The molecule has 1 saturated heterocycles. The Morgan fingerprint density at radius 3 is 2.07 bits per heavy atom. The largest absolute Gasteiger partial charge is 0.444 e. The van der Waals surface area contributed by atoms with E-state index in [1.165, 1.54) is 4.90 Å². The van der Waals surface area contributed by atoms with Crippen molar-refractivity contribution in [3.63, 3.8) is 0 Å². The van der Waals surface area contributed by atoms with Gasteiger partial charge in [0.05, 0.1) is 12.6 Å². The van der Waals surface area contributed by atoms with Gasteiger partial charge in [0.1, 0.15) is 23.7 Å². The summed E-state index contributed by atoms with van der Waals surface area (Å²) in [6.07, 6.45) is 7.75. The van der Waals surface area contributed by atoms with Crippen LogP contribution in [0.25, 0.3) is 0 Å². The molecule has 0 aromatic heterocycles. The molecule has 57 heavy (non-hydrogen) atoms. The van der Waals surface area contributed by atoms with Crippen molar-refractivity contribution in [2.45, 2.75) is 142 Å². The van der Waals surface area contributed by atoms with E-state index in [0.717, 1.165) is 57.8 Å². The average molecular weight is 793 g/mol. The van der Waals surface area contributed by atoms with Crippen LogP contribution < -0.4 is 21.3 Å². The van der Waals surface area contributed by atoms with Crippen molar-refractivity contribution in [3.8, 4) is 0 Å². The average Bonchev–Trinajstić information content (AvgIpc) is 3.43. The monoisotopic (exact) mass is 792 g/mol. The summed E-state index contributed by atoms with van der Waals surface area (Å²) < 4.78 is 5.61. The SMILES string of the molecule is CN(C)C(=O)[C@@H](NC(=O)CNC(=O)C(=O)C(CC1CCC1)NC(=O)[C@@H]1CC2(CN1C(=O)[C@@H](NC(=O)OC(C)(C)C)C1(C)CCCCC1)CC2(C)C)c1ccccc1. The molecule has 1 aromatic rings. The lowest BCUT2D eigenvalue weighted by Crippen LogP contribution is -2.60. The molecule has 2 unspecified atom stereocenters. The molecule has 3 saturated carbocycles. The lowest BCUT2D eigenvalue weighted by atomic mass is 9.70. The van der Waals surface area contributed by atoms with Crippen LogP contribution in [0.3, 0.4) is 0 Å². The number of ether oxygens (including phenoxy) is 1. The van der Waals surface area contributed by atoms with Crippen molar-refractivity contribution in [2.24, 2.45) is 22.2 Å². The molecule has 5 atom stereocenters. The summed E-state index contributed by atoms with van der Waals surface area (Å²) in [4.78, 5) is 98.6. The zero-order chi connectivity index (χ0) is 41.9. The molecule has 1 spiro atoms. The second-order valence-electron chi connectivity index (χ2n) is 19.1. The second kappa shape index (κ2) is 17.2. The van der Waals surface area contributed by atoms with Gasteiger partial charge < -0.3 is 35.8 Å². The Balaban J connectivity index is 1.32. The van der Waals surface area contributed by atoms with Crippen LogP contribution in [-0.4, -0.2) is 102 Å². The number of likely N-dealkylation sites (N-methyl/N-ethyl adjacent to an activating group) is 1. The quantitative estimate of drug-likeness (QED) is 0.203. The molecule has 6 amide bonds. The molecular formula is C43H64N6O8. The fourth-order valence-corrected chi connectivity index (χ4v) is 9.01. The van der Waals surface area contributed by atoms with E-state index in [2.05, 4.69) is 35.1 Å². The molecule has 0 radical (unpaired) electrons. The number of nitrogens with one attached hydrogen (secondary N) is 4. The lowest BCUT2D eigenvalue weighted by Gasteiger charge is -2.42. The highest BCUT2D eigenvalue weighted by molar-refractivity contribution is 6.38. The zero-order valence-electron chi connectivity index (χ0n) is 35.1. The fraction of sp³-hybridized carbons (Fsp3) is 0.698. The molecule has 1 aromatic carbocycles. The lowest BCUT2D eigenvalue weighted by molar-refractivity contribution is -0.145.